The quantitative estimate of drug-likeness (QED) is 0.293. The van der Waals surface area contributed by atoms with E-state index in [-0.39, 0.29) is 12.0 Å². The Labute approximate surface area is 247 Å². The average Bonchev–Trinajstić information content (AvgIpc) is 3.06. The van der Waals surface area contributed by atoms with Gasteiger partial charge in [-0.2, -0.15) is 0 Å². The molecule has 3 heterocycles. The Hall–Kier alpha value is -4.49. The first kappa shape index (κ1) is 27.7. The number of hydrogen-bond acceptors (Lipinski definition) is 5. The van der Waals surface area contributed by atoms with Crippen LogP contribution in [0.5, 0.6) is 5.75 Å². The minimum atomic E-state index is -0.283. The van der Waals surface area contributed by atoms with E-state index in [4.69, 9.17) is 9.72 Å². The molecule has 0 N–H and O–H groups in total. The van der Waals surface area contributed by atoms with Gasteiger partial charge in [0.25, 0.3) is 5.91 Å². The second-order valence-corrected chi connectivity index (χ2v) is 11.1. The first-order valence-electron chi connectivity index (χ1n) is 14.7. The van der Waals surface area contributed by atoms with Crippen LogP contribution in [-0.4, -0.2) is 77.0 Å². The van der Waals surface area contributed by atoms with Gasteiger partial charge in [-0.3, -0.25) is 9.69 Å². The number of likely N-dealkylation sites (tertiary alicyclic amines) is 1. The van der Waals surface area contributed by atoms with E-state index in [0.29, 0.717) is 43.5 Å². The van der Waals surface area contributed by atoms with Crippen LogP contribution in [0.25, 0.3) is 22.5 Å². The summed E-state index contributed by atoms with van der Waals surface area (Å²) in [4.78, 5) is 37.6. The number of ether oxygens (including phenoxy) is 1. The Kier molecular flexibility index (Phi) is 8.28. The van der Waals surface area contributed by atoms with E-state index in [1.54, 1.807) is 4.90 Å². The van der Waals surface area contributed by atoms with Gasteiger partial charge in [-0.1, -0.05) is 78.4 Å². The van der Waals surface area contributed by atoms with Gasteiger partial charge < -0.3 is 14.5 Å². The van der Waals surface area contributed by atoms with Crippen molar-refractivity contribution in [2.24, 2.45) is 0 Å². The number of piperidine rings is 1. The molecule has 2 amide bonds. The molecule has 3 aromatic carbocycles. The summed E-state index contributed by atoms with van der Waals surface area (Å²) in [5.41, 5.74) is 5.37. The van der Waals surface area contributed by atoms with Crippen LogP contribution >= 0.6 is 0 Å². The Morgan fingerprint density at radius 3 is 1.79 bits per heavy atom. The maximum absolute atomic E-state index is 13.8. The van der Waals surface area contributed by atoms with Crippen molar-refractivity contribution in [3.63, 3.8) is 0 Å². The van der Waals surface area contributed by atoms with Gasteiger partial charge in [0.2, 0.25) is 0 Å². The SMILES string of the molecule is Cc1ccc(OC(=O)N2CCC(N3CCN(C(=O)c4cc(-c5ccccc5)nc(-c5ccccc5)c4)CC3)CC2)cc1. The number of amides is 2. The standard InChI is InChI=1S/C35H36N4O3/c1-26-12-14-31(15-13-26)42-35(41)39-18-16-30(17-19-39)37-20-22-38(23-21-37)34(40)29-24-32(27-8-4-2-5-9-27)36-33(25-29)28-10-6-3-7-11-28/h2-15,24-25,30H,16-23H2,1H3. The molecule has 4 aromatic rings. The second kappa shape index (κ2) is 12.6. The smallest absolute Gasteiger partial charge is 0.410 e. The third-order valence-electron chi connectivity index (χ3n) is 8.28. The highest BCUT2D eigenvalue weighted by Crippen LogP contribution is 2.26. The van der Waals surface area contributed by atoms with Crippen LogP contribution in [0.15, 0.2) is 97.1 Å². The Morgan fingerprint density at radius 1 is 0.690 bits per heavy atom. The fourth-order valence-electron chi connectivity index (χ4n) is 5.83. The Morgan fingerprint density at radius 2 is 1.24 bits per heavy atom. The number of piperazine rings is 1. The van der Waals surface area contributed by atoms with Crippen LogP contribution in [0.3, 0.4) is 0 Å². The predicted octanol–water partition coefficient (Wildman–Crippen LogP) is 6.15. The zero-order valence-electron chi connectivity index (χ0n) is 24.0. The molecule has 0 aliphatic carbocycles. The van der Waals surface area contributed by atoms with Crippen LogP contribution < -0.4 is 4.74 Å². The number of aryl methyl sites for hydroxylation is 1. The van der Waals surface area contributed by atoms with E-state index in [1.807, 2.05) is 109 Å². The van der Waals surface area contributed by atoms with Gasteiger partial charge in [-0.05, 0) is 44.0 Å². The van der Waals surface area contributed by atoms with Crippen molar-refractivity contribution in [2.75, 3.05) is 39.3 Å². The lowest BCUT2D eigenvalue weighted by Crippen LogP contribution is -2.55. The first-order chi connectivity index (χ1) is 20.5. The number of nitrogens with zero attached hydrogens (tertiary/aromatic N) is 4. The van der Waals surface area contributed by atoms with Crippen molar-refractivity contribution in [3.05, 3.63) is 108 Å². The van der Waals surface area contributed by atoms with Crippen molar-refractivity contribution in [1.82, 2.24) is 19.7 Å². The maximum Gasteiger partial charge on any atom is 0.415 e. The molecule has 7 heteroatoms. The number of hydrogen-bond donors (Lipinski definition) is 0. The van der Waals surface area contributed by atoms with Crippen LogP contribution in [0, 0.1) is 6.92 Å². The van der Waals surface area contributed by atoms with Crippen molar-refractivity contribution in [1.29, 1.82) is 0 Å². The molecule has 2 saturated heterocycles. The van der Waals surface area contributed by atoms with Crippen LogP contribution in [0.4, 0.5) is 4.79 Å². The van der Waals surface area contributed by atoms with E-state index < -0.39 is 0 Å². The highest BCUT2D eigenvalue weighted by Gasteiger charge is 2.31. The molecule has 2 fully saturated rings. The van der Waals surface area contributed by atoms with Crippen molar-refractivity contribution in [3.8, 4) is 28.3 Å². The minimum absolute atomic E-state index is 0.0417. The van der Waals surface area contributed by atoms with Gasteiger partial charge >= 0.3 is 6.09 Å². The number of carbonyl (C=O) groups excluding carboxylic acids is 2. The molecule has 0 unspecified atom stereocenters. The van der Waals surface area contributed by atoms with Gasteiger partial charge in [-0.25, -0.2) is 9.78 Å². The highest BCUT2D eigenvalue weighted by atomic mass is 16.6. The van der Waals surface area contributed by atoms with Gasteiger partial charge in [0.1, 0.15) is 5.75 Å². The maximum atomic E-state index is 13.8. The van der Waals surface area contributed by atoms with E-state index in [2.05, 4.69) is 4.90 Å². The summed E-state index contributed by atoms with van der Waals surface area (Å²) in [7, 11) is 0. The van der Waals surface area contributed by atoms with E-state index in [0.717, 1.165) is 54.0 Å². The van der Waals surface area contributed by atoms with Gasteiger partial charge in [0, 0.05) is 62.0 Å². The lowest BCUT2D eigenvalue weighted by Gasteiger charge is -2.42. The molecule has 2 aliphatic rings. The Balaban J connectivity index is 1.07. The zero-order chi connectivity index (χ0) is 28.9. The molecule has 0 bridgehead atoms. The first-order valence-corrected chi connectivity index (χ1v) is 14.7. The molecular formula is C35H36N4O3. The number of rotatable bonds is 5. The Bertz CT molecular complexity index is 1450. The van der Waals surface area contributed by atoms with E-state index in [9.17, 15) is 9.59 Å². The topological polar surface area (TPSA) is 66.0 Å². The summed E-state index contributed by atoms with van der Waals surface area (Å²) in [5, 5.41) is 0. The molecule has 1 aromatic heterocycles. The fraction of sp³-hybridized carbons (Fsp3) is 0.286. The molecule has 0 spiro atoms. The minimum Gasteiger partial charge on any atom is -0.410 e. The lowest BCUT2D eigenvalue weighted by atomic mass is 10.0. The molecular weight excluding hydrogens is 524 g/mol. The van der Waals surface area contributed by atoms with Crippen LogP contribution in [0.1, 0.15) is 28.8 Å². The number of benzene rings is 3. The number of aromatic nitrogens is 1. The summed E-state index contributed by atoms with van der Waals surface area (Å²) >= 11 is 0. The third-order valence-corrected chi connectivity index (χ3v) is 8.28. The number of carbonyl (C=O) groups is 2. The van der Waals surface area contributed by atoms with Gasteiger partial charge in [0.05, 0.1) is 11.4 Å². The average molecular weight is 561 g/mol. The second-order valence-electron chi connectivity index (χ2n) is 11.1. The molecule has 6 rings (SSSR count). The molecule has 2 aliphatic heterocycles. The van der Waals surface area contributed by atoms with Gasteiger partial charge in [-0.15, -0.1) is 0 Å². The van der Waals surface area contributed by atoms with Crippen LogP contribution in [-0.2, 0) is 0 Å². The van der Waals surface area contributed by atoms with Crippen molar-refractivity contribution in [2.45, 2.75) is 25.8 Å². The summed E-state index contributed by atoms with van der Waals surface area (Å²) in [6.45, 7) is 6.37. The molecule has 214 valence electrons. The molecule has 7 nitrogen and oxygen atoms in total. The lowest BCUT2D eigenvalue weighted by molar-refractivity contribution is 0.0457. The molecule has 0 saturated carbocycles. The van der Waals surface area contributed by atoms with Gasteiger partial charge in [0.15, 0.2) is 0 Å². The number of pyridine rings is 1. The van der Waals surface area contributed by atoms with E-state index in [1.165, 1.54) is 0 Å². The summed E-state index contributed by atoms with van der Waals surface area (Å²) in [6, 6.07) is 31.8. The normalized spacial score (nSPS) is 16.3. The monoisotopic (exact) mass is 560 g/mol. The molecule has 0 radical (unpaired) electrons. The van der Waals surface area contributed by atoms with Crippen molar-refractivity contribution >= 4 is 12.0 Å². The van der Waals surface area contributed by atoms with Crippen molar-refractivity contribution < 1.29 is 14.3 Å². The third kappa shape index (κ3) is 6.37. The molecule has 42 heavy (non-hydrogen) atoms. The highest BCUT2D eigenvalue weighted by molar-refractivity contribution is 5.96. The summed E-state index contributed by atoms with van der Waals surface area (Å²) in [5.74, 6) is 0.620. The van der Waals surface area contributed by atoms with Crippen LogP contribution in [0.2, 0.25) is 0 Å². The predicted molar refractivity (Wildman–Crippen MR) is 164 cm³/mol. The van der Waals surface area contributed by atoms with E-state index >= 15 is 0 Å². The summed E-state index contributed by atoms with van der Waals surface area (Å²) in [6.07, 6.45) is 1.53. The fourth-order valence-corrected chi connectivity index (χ4v) is 5.83. The molecule has 0 atom stereocenters. The largest absolute Gasteiger partial charge is 0.415 e. The summed E-state index contributed by atoms with van der Waals surface area (Å²) < 4.78 is 5.57. The zero-order valence-corrected chi connectivity index (χ0v) is 24.0.